The van der Waals surface area contributed by atoms with E-state index in [4.69, 9.17) is 9.73 Å². The van der Waals surface area contributed by atoms with Gasteiger partial charge in [0.2, 0.25) is 0 Å². The summed E-state index contributed by atoms with van der Waals surface area (Å²) in [6.45, 7) is 16.4. The fourth-order valence-electron chi connectivity index (χ4n) is 4.22. The van der Waals surface area contributed by atoms with Gasteiger partial charge in [-0.1, -0.05) is 13.8 Å². The van der Waals surface area contributed by atoms with Crippen molar-refractivity contribution >= 4 is 35.8 Å². The normalized spacial score (nSPS) is 21.1. The molecule has 3 heterocycles. The van der Waals surface area contributed by atoms with Crippen molar-refractivity contribution < 1.29 is 4.74 Å². The average Bonchev–Trinajstić information content (AvgIpc) is 2.73. The Hall–Kier alpha value is -1.13. The smallest absolute Gasteiger partial charge is 0.191 e. The van der Waals surface area contributed by atoms with Gasteiger partial charge in [-0.05, 0) is 50.3 Å². The summed E-state index contributed by atoms with van der Waals surface area (Å²) in [5.74, 6) is 2.67. The lowest BCUT2D eigenvalue weighted by atomic mass is 10.0. The van der Waals surface area contributed by atoms with Gasteiger partial charge in [0.05, 0.1) is 19.3 Å². The van der Waals surface area contributed by atoms with Crippen LogP contribution in [0.5, 0.6) is 0 Å². The minimum absolute atomic E-state index is 0. The van der Waals surface area contributed by atoms with Crippen LogP contribution < -0.4 is 15.5 Å². The van der Waals surface area contributed by atoms with E-state index >= 15 is 0 Å². The van der Waals surface area contributed by atoms with Gasteiger partial charge in [-0.25, -0.2) is 9.98 Å². The van der Waals surface area contributed by atoms with Gasteiger partial charge < -0.3 is 25.2 Å². The highest BCUT2D eigenvalue weighted by Gasteiger charge is 2.21. The molecule has 0 spiro atoms. The van der Waals surface area contributed by atoms with Crippen molar-refractivity contribution in [3.8, 4) is 0 Å². The Morgan fingerprint density at radius 2 is 2.06 bits per heavy atom. The molecule has 2 aliphatic rings. The molecule has 1 atom stereocenters. The van der Waals surface area contributed by atoms with E-state index in [-0.39, 0.29) is 30.1 Å². The third kappa shape index (κ3) is 8.73. The van der Waals surface area contributed by atoms with Crippen molar-refractivity contribution in [3.63, 3.8) is 0 Å². The maximum atomic E-state index is 5.65. The summed E-state index contributed by atoms with van der Waals surface area (Å²) in [4.78, 5) is 14.3. The molecule has 1 aromatic rings. The standard InChI is InChI=1S/C23H40N6O.HI/c1-5-24-23(27-21-7-10-28(11-8-21)16-18(2)3)26-15-20-6-9-25-22(14-20)29-12-13-30-19(4)17-29;/h6,9,14,18-19,21H,5,7-8,10-13,15-17H2,1-4H3,(H2,24,26,27);1H. The third-order valence-corrected chi connectivity index (χ3v) is 5.69. The van der Waals surface area contributed by atoms with Gasteiger partial charge in [-0.3, -0.25) is 0 Å². The minimum Gasteiger partial charge on any atom is -0.375 e. The molecule has 2 aliphatic heterocycles. The van der Waals surface area contributed by atoms with Gasteiger partial charge >= 0.3 is 0 Å². The van der Waals surface area contributed by atoms with E-state index in [2.05, 4.69) is 65.2 Å². The fourth-order valence-corrected chi connectivity index (χ4v) is 4.22. The number of piperidine rings is 1. The number of halogens is 1. The molecule has 0 radical (unpaired) electrons. The van der Waals surface area contributed by atoms with Gasteiger partial charge in [0.1, 0.15) is 5.82 Å². The largest absolute Gasteiger partial charge is 0.375 e. The number of aliphatic imine (C=N–C) groups is 1. The molecular weight excluding hydrogens is 503 g/mol. The van der Waals surface area contributed by atoms with Crippen molar-refractivity contribution in [1.82, 2.24) is 20.5 Å². The summed E-state index contributed by atoms with van der Waals surface area (Å²) < 4.78 is 5.65. The van der Waals surface area contributed by atoms with E-state index in [0.717, 1.165) is 43.9 Å². The Balaban J connectivity index is 0.00000341. The van der Waals surface area contributed by atoms with Gasteiger partial charge in [-0.15, -0.1) is 24.0 Å². The van der Waals surface area contributed by atoms with Crippen molar-refractivity contribution in [2.45, 2.75) is 59.2 Å². The number of nitrogens with zero attached hydrogens (tertiary/aromatic N) is 4. The fraction of sp³-hybridized carbons (Fsp3) is 0.739. The van der Waals surface area contributed by atoms with E-state index in [1.54, 1.807) is 0 Å². The van der Waals surface area contributed by atoms with Crippen LogP contribution in [0.2, 0.25) is 0 Å². The van der Waals surface area contributed by atoms with E-state index in [1.165, 1.54) is 38.0 Å². The van der Waals surface area contributed by atoms with Crippen LogP contribution in [0.25, 0.3) is 0 Å². The lowest BCUT2D eigenvalue weighted by Gasteiger charge is -2.34. The molecule has 3 rings (SSSR count). The lowest BCUT2D eigenvalue weighted by Crippen LogP contribution is -2.49. The first kappa shape index (κ1) is 26.1. The monoisotopic (exact) mass is 544 g/mol. The average molecular weight is 545 g/mol. The molecule has 0 saturated carbocycles. The topological polar surface area (TPSA) is 65.0 Å². The van der Waals surface area contributed by atoms with Crippen molar-refractivity contribution in [3.05, 3.63) is 23.9 Å². The molecule has 0 bridgehead atoms. The maximum absolute atomic E-state index is 5.65. The number of morpholine rings is 1. The lowest BCUT2D eigenvalue weighted by molar-refractivity contribution is 0.0529. The summed E-state index contributed by atoms with van der Waals surface area (Å²) in [6.07, 6.45) is 4.49. The number of hydrogen-bond acceptors (Lipinski definition) is 5. The quantitative estimate of drug-likeness (QED) is 0.313. The van der Waals surface area contributed by atoms with Gasteiger partial charge in [0.15, 0.2) is 5.96 Å². The predicted octanol–water partition coefficient (Wildman–Crippen LogP) is 3.10. The van der Waals surface area contributed by atoms with E-state index in [9.17, 15) is 0 Å². The summed E-state index contributed by atoms with van der Waals surface area (Å²) in [6, 6.07) is 4.72. The molecule has 31 heavy (non-hydrogen) atoms. The number of hydrogen-bond donors (Lipinski definition) is 2. The molecule has 0 aliphatic carbocycles. The number of rotatable bonds is 7. The Morgan fingerprint density at radius 1 is 1.29 bits per heavy atom. The Morgan fingerprint density at radius 3 is 2.74 bits per heavy atom. The first-order chi connectivity index (χ1) is 14.5. The van der Waals surface area contributed by atoms with Crippen LogP contribution in [-0.2, 0) is 11.3 Å². The second-order valence-corrected chi connectivity index (χ2v) is 8.96. The van der Waals surface area contributed by atoms with Crippen LogP contribution in [0.3, 0.4) is 0 Å². The number of anilines is 1. The molecule has 176 valence electrons. The summed E-state index contributed by atoms with van der Waals surface area (Å²) in [5, 5.41) is 7.06. The summed E-state index contributed by atoms with van der Waals surface area (Å²) in [7, 11) is 0. The van der Waals surface area contributed by atoms with Crippen LogP contribution in [-0.4, -0.2) is 73.9 Å². The third-order valence-electron chi connectivity index (χ3n) is 5.69. The molecule has 0 aromatic carbocycles. The number of likely N-dealkylation sites (tertiary alicyclic amines) is 1. The molecule has 0 amide bonds. The molecule has 7 nitrogen and oxygen atoms in total. The van der Waals surface area contributed by atoms with Crippen molar-refractivity contribution in [1.29, 1.82) is 0 Å². The predicted molar refractivity (Wildman–Crippen MR) is 140 cm³/mol. The molecule has 1 aromatic heterocycles. The number of guanidine groups is 1. The summed E-state index contributed by atoms with van der Waals surface area (Å²) >= 11 is 0. The van der Waals surface area contributed by atoms with E-state index in [0.29, 0.717) is 12.6 Å². The number of pyridine rings is 1. The van der Waals surface area contributed by atoms with Crippen LogP contribution in [0.1, 0.15) is 46.1 Å². The van der Waals surface area contributed by atoms with Gasteiger partial charge in [0, 0.05) is 51.5 Å². The molecule has 2 fully saturated rings. The van der Waals surface area contributed by atoms with Crippen LogP contribution in [0.15, 0.2) is 23.3 Å². The molecule has 2 saturated heterocycles. The first-order valence-corrected chi connectivity index (χ1v) is 11.6. The van der Waals surface area contributed by atoms with E-state index in [1.807, 2.05) is 6.20 Å². The Labute approximate surface area is 205 Å². The Bertz CT molecular complexity index is 678. The van der Waals surface area contributed by atoms with Crippen molar-refractivity contribution in [2.24, 2.45) is 10.9 Å². The molecule has 1 unspecified atom stereocenters. The van der Waals surface area contributed by atoms with Gasteiger partial charge in [-0.2, -0.15) is 0 Å². The molecule has 8 heteroatoms. The highest BCUT2D eigenvalue weighted by Crippen LogP contribution is 2.17. The minimum atomic E-state index is 0. The number of ether oxygens (including phenoxy) is 1. The highest BCUT2D eigenvalue weighted by molar-refractivity contribution is 14.0. The van der Waals surface area contributed by atoms with Crippen molar-refractivity contribution in [2.75, 3.05) is 50.8 Å². The zero-order valence-corrected chi connectivity index (χ0v) is 22.0. The second kappa shape index (κ2) is 13.4. The van der Waals surface area contributed by atoms with Crippen LogP contribution in [0, 0.1) is 5.92 Å². The highest BCUT2D eigenvalue weighted by atomic mass is 127. The molecular formula is C23H41IN6O. The van der Waals surface area contributed by atoms with E-state index < -0.39 is 0 Å². The van der Waals surface area contributed by atoms with Crippen LogP contribution in [0.4, 0.5) is 5.82 Å². The second-order valence-electron chi connectivity index (χ2n) is 8.96. The Kier molecular flexibility index (Phi) is 11.3. The summed E-state index contributed by atoms with van der Waals surface area (Å²) in [5.41, 5.74) is 1.18. The number of aromatic nitrogens is 1. The first-order valence-electron chi connectivity index (χ1n) is 11.6. The number of nitrogens with one attached hydrogen (secondary N) is 2. The van der Waals surface area contributed by atoms with Gasteiger partial charge in [0.25, 0.3) is 0 Å². The SMILES string of the molecule is CCNC(=NCc1ccnc(N2CCOC(C)C2)c1)NC1CCN(CC(C)C)CC1.I. The zero-order valence-electron chi connectivity index (χ0n) is 19.6. The molecule has 2 N–H and O–H groups in total. The van der Waals surface area contributed by atoms with Crippen LogP contribution >= 0.6 is 24.0 Å². The zero-order chi connectivity index (χ0) is 21.3. The maximum Gasteiger partial charge on any atom is 0.191 e.